The van der Waals surface area contributed by atoms with Crippen LogP contribution in [-0.4, -0.2) is 48.4 Å². The molecule has 0 bridgehead atoms. The van der Waals surface area contributed by atoms with E-state index >= 15 is 0 Å². The third-order valence-electron chi connectivity index (χ3n) is 5.15. The maximum Gasteiger partial charge on any atom is 0.242 e. The third-order valence-corrected chi connectivity index (χ3v) is 5.15. The molecule has 2 amide bonds. The first kappa shape index (κ1) is 23.3. The summed E-state index contributed by atoms with van der Waals surface area (Å²) >= 11 is 0. The molecule has 3 aromatic rings. The Labute approximate surface area is 189 Å². The van der Waals surface area contributed by atoms with E-state index in [0.717, 1.165) is 11.1 Å². The number of furan rings is 1. The van der Waals surface area contributed by atoms with Gasteiger partial charge < -0.3 is 19.0 Å². The molecule has 0 radical (unpaired) electrons. The molecule has 0 aliphatic rings. The highest BCUT2D eigenvalue weighted by molar-refractivity contribution is 5.86. The van der Waals surface area contributed by atoms with Crippen LogP contribution in [0.2, 0.25) is 0 Å². The number of ether oxygens (including phenoxy) is 1. The van der Waals surface area contributed by atoms with Gasteiger partial charge in [0.2, 0.25) is 11.8 Å². The Hall–Kier alpha value is -3.38. The standard InChI is InChI=1S/C26H30N2O4/c1-31-16-9-15-27(25(29)18-22-10-4-2-5-11-22)21-26(30)28(20-24-14-8-17-32-24)19-23-12-6-3-7-13-23/h2-8,10-14,17H,9,15-16,18-21H2,1H3. The second-order valence-corrected chi connectivity index (χ2v) is 7.64. The van der Waals surface area contributed by atoms with Crippen molar-refractivity contribution < 1.29 is 18.7 Å². The lowest BCUT2D eigenvalue weighted by molar-refractivity contribution is -0.141. The Bertz CT molecular complexity index is 942. The van der Waals surface area contributed by atoms with Crippen LogP contribution in [0.25, 0.3) is 0 Å². The number of carbonyl (C=O) groups excluding carboxylic acids is 2. The van der Waals surface area contributed by atoms with E-state index in [-0.39, 0.29) is 24.8 Å². The molecule has 3 rings (SSSR count). The van der Waals surface area contributed by atoms with E-state index in [1.165, 1.54) is 0 Å². The minimum Gasteiger partial charge on any atom is -0.467 e. The molecule has 0 unspecified atom stereocenters. The highest BCUT2D eigenvalue weighted by atomic mass is 16.5. The quantitative estimate of drug-likeness (QED) is 0.406. The summed E-state index contributed by atoms with van der Waals surface area (Å²) in [5.74, 6) is 0.512. The topological polar surface area (TPSA) is 63.0 Å². The van der Waals surface area contributed by atoms with Crippen LogP contribution in [0.1, 0.15) is 23.3 Å². The fourth-order valence-electron chi connectivity index (χ4n) is 3.46. The normalized spacial score (nSPS) is 10.7. The van der Waals surface area contributed by atoms with Crippen molar-refractivity contribution in [3.8, 4) is 0 Å². The fourth-order valence-corrected chi connectivity index (χ4v) is 3.46. The summed E-state index contributed by atoms with van der Waals surface area (Å²) in [7, 11) is 1.63. The van der Waals surface area contributed by atoms with E-state index in [2.05, 4.69) is 0 Å². The van der Waals surface area contributed by atoms with Gasteiger partial charge in [0.05, 0.1) is 25.8 Å². The van der Waals surface area contributed by atoms with Crippen LogP contribution >= 0.6 is 0 Å². The Balaban J connectivity index is 1.72. The van der Waals surface area contributed by atoms with Gasteiger partial charge in [-0.3, -0.25) is 9.59 Å². The third kappa shape index (κ3) is 7.39. The first-order valence-corrected chi connectivity index (χ1v) is 10.8. The summed E-state index contributed by atoms with van der Waals surface area (Å²) in [6, 6.07) is 23.1. The Morgan fingerprint density at radius 3 is 2.12 bits per heavy atom. The number of carbonyl (C=O) groups is 2. The molecule has 1 aromatic heterocycles. The molecule has 168 valence electrons. The van der Waals surface area contributed by atoms with Gasteiger partial charge >= 0.3 is 0 Å². The molecule has 0 aliphatic carbocycles. The molecule has 6 heteroatoms. The highest BCUT2D eigenvalue weighted by Crippen LogP contribution is 2.12. The van der Waals surface area contributed by atoms with Gasteiger partial charge in [-0.25, -0.2) is 0 Å². The maximum absolute atomic E-state index is 13.3. The molecule has 32 heavy (non-hydrogen) atoms. The average molecular weight is 435 g/mol. The van der Waals surface area contributed by atoms with Crippen LogP contribution in [0, 0.1) is 0 Å². The minimum atomic E-state index is -0.121. The second kappa shape index (κ2) is 12.5. The van der Waals surface area contributed by atoms with Crippen molar-refractivity contribution in [2.45, 2.75) is 25.9 Å². The summed E-state index contributed by atoms with van der Waals surface area (Å²) < 4.78 is 10.6. The number of rotatable bonds is 12. The number of nitrogens with zero attached hydrogens (tertiary/aromatic N) is 2. The summed E-state index contributed by atoms with van der Waals surface area (Å²) in [4.78, 5) is 29.7. The molecule has 1 heterocycles. The molecule has 0 aliphatic heterocycles. The van der Waals surface area contributed by atoms with Crippen molar-refractivity contribution in [2.75, 3.05) is 26.8 Å². The van der Waals surface area contributed by atoms with E-state index < -0.39 is 0 Å². The Morgan fingerprint density at radius 2 is 1.50 bits per heavy atom. The molecular weight excluding hydrogens is 404 g/mol. The maximum atomic E-state index is 13.3. The largest absolute Gasteiger partial charge is 0.467 e. The summed E-state index contributed by atoms with van der Waals surface area (Å²) in [6.07, 6.45) is 2.53. The number of hydrogen-bond donors (Lipinski definition) is 0. The summed E-state index contributed by atoms with van der Waals surface area (Å²) in [6.45, 7) is 1.80. The van der Waals surface area contributed by atoms with E-state index in [1.807, 2.05) is 66.7 Å². The van der Waals surface area contributed by atoms with Gasteiger partial charge in [-0.2, -0.15) is 0 Å². The lowest BCUT2D eigenvalue weighted by atomic mass is 10.1. The van der Waals surface area contributed by atoms with Gasteiger partial charge in [0.1, 0.15) is 5.76 Å². The molecular formula is C26H30N2O4. The fraction of sp³-hybridized carbons (Fsp3) is 0.308. The zero-order chi connectivity index (χ0) is 22.6. The number of benzene rings is 2. The zero-order valence-corrected chi connectivity index (χ0v) is 18.5. The minimum absolute atomic E-state index is 0.0168. The van der Waals surface area contributed by atoms with E-state index in [4.69, 9.17) is 9.15 Å². The lowest BCUT2D eigenvalue weighted by Gasteiger charge is -2.27. The molecule has 0 atom stereocenters. The predicted octanol–water partition coefficient (Wildman–Crippen LogP) is 3.92. The van der Waals surface area contributed by atoms with Gasteiger partial charge in [-0.1, -0.05) is 60.7 Å². The van der Waals surface area contributed by atoms with Crippen LogP contribution in [0.5, 0.6) is 0 Å². The van der Waals surface area contributed by atoms with Crippen molar-refractivity contribution in [1.29, 1.82) is 0 Å². The molecule has 0 fully saturated rings. The van der Waals surface area contributed by atoms with Crippen molar-refractivity contribution in [2.24, 2.45) is 0 Å². The SMILES string of the molecule is COCCCN(CC(=O)N(Cc1ccccc1)Cc1ccco1)C(=O)Cc1ccccc1. The molecule has 0 N–H and O–H groups in total. The van der Waals surface area contributed by atoms with Gasteiger partial charge in [-0.15, -0.1) is 0 Å². The highest BCUT2D eigenvalue weighted by Gasteiger charge is 2.22. The van der Waals surface area contributed by atoms with E-state index in [1.54, 1.807) is 29.2 Å². The molecule has 0 saturated carbocycles. The summed E-state index contributed by atoms with van der Waals surface area (Å²) in [5.41, 5.74) is 1.95. The van der Waals surface area contributed by atoms with Gasteiger partial charge in [0.15, 0.2) is 0 Å². The van der Waals surface area contributed by atoms with Crippen molar-refractivity contribution in [3.05, 3.63) is 95.9 Å². The van der Waals surface area contributed by atoms with Gasteiger partial charge in [0, 0.05) is 26.8 Å². The summed E-state index contributed by atoms with van der Waals surface area (Å²) in [5, 5.41) is 0. The molecule has 2 aromatic carbocycles. The van der Waals surface area contributed by atoms with E-state index in [0.29, 0.717) is 38.4 Å². The van der Waals surface area contributed by atoms with E-state index in [9.17, 15) is 9.59 Å². The lowest BCUT2D eigenvalue weighted by Crippen LogP contribution is -2.43. The van der Waals surface area contributed by atoms with Crippen molar-refractivity contribution in [3.63, 3.8) is 0 Å². The van der Waals surface area contributed by atoms with Gasteiger partial charge in [0.25, 0.3) is 0 Å². The Kier molecular flexibility index (Phi) is 9.07. The number of hydrogen-bond acceptors (Lipinski definition) is 4. The average Bonchev–Trinajstić information content (AvgIpc) is 3.32. The first-order chi connectivity index (χ1) is 15.7. The smallest absolute Gasteiger partial charge is 0.242 e. The molecule has 0 saturated heterocycles. The molecule has 6 nitrogen and oxygen atoms in total. The zero-order valence-electron chi connectivity index (χ0n) is 18.5. The Morgan fingerprint density at radius 1 is 0.812 bits per heavy atom. The van der Waals surface area contributed by atoms with Crippen molar-refractivity contribution >= 4 is 11.8 Å². The monoisotopic (exact) mass is 434 g/mol. The van der Waals surface area contributed by atoms with Crippen LogP contribution in [0.3, 0.4) is 0 Å². The van der Waals surface area contributed by atoms with Gasteiger partial charge in [-0.05, 0) is 29.7 Å². The van der Waals surface area contributed by atoms with Crippen molar-refractivity contribution in [1.82, 2.24) is 9.80 Å². The number of amides is 2. The first-order valence-electron chi connectivity index (χ1n) is 10.8. The van der Waals surface area contributed by atoms with Crippen LogP contribution < -0.4 is 0 Å². The van der Waals surface area contributed by atoms with Crippen LogP contribution in [0.4, 0.5) is 0 Å². The second-order valence-electron chi connectivity index (χ2n) is 7.64. The molecule has 0 spiro atoms. The van der Waals surface area contributed by atoms with Crippen LogP contribution in [-0.2, 0) is 33.8 Å². The van der Waals surface area contributed by atoms with Crippen LogP contribution in [0.15, 0.2) is 83.5 Å². The predicted molar refractivity (Wildman–Crippen MR) is 123 cm³/mol. The number of methoxy groups -OCH3 is 1.